The van der Waals surface area contributed by atoms with E-state index in [1.165, 1.54) is 32.4 Å². The largest absolute Gasteiger partial charge is 0.481 e. The summed E-state index contributed by atoms with van der Waals surface area (Å²) in [5.41, 5.74) is 0.723. The third-order valence-electron chi connectivity index (χ3n) is 4.45. The summed E-state index contributed by atoms with van der Waals surface area (Å²) in [6.07, 6.45) is 6.56. The van der Waals surface area contributed by atoms with Crippen LogP contribution in [0.2, 0.25) is 0 Å². The lowest BCUT2D eigenvalue weighted by molar-refractivity contribution is -0.147. The molecule has 3 aliphatic rings. The zero-order valence-electron chi connectivity index (χ0n) is 8.46. The number of hydrogen-bond acceptors (Lipinski definition) is 2. The molecular weight excluding hydrogens is 178 g/mol. The first-order valence-corrected chi connectivity index (χ1v) is 5.61. The number of rotatable bonds is 3. The monoisotopic (exact) mass is 195 g/mol. The van der Waals surface area contributed by atoms with Crippen molar-refractivity contribution < 1.29 is 9.90 Å². The molecule has 2 aliphatic carbocycles. The van der Waals surface area contributed by atoms with E-state index in [1.54, 1.807) is 0 Å². The molecule has 2 saturated carbocycles. The number of likely N-dealkylation sites (tertiary alicyclic amines) is 1. The second kappa shape index (κ2) is 2.51. The highest BCUT2D eigenvalue weighted by molar-refractivity contribution is 5.68. The van der Waals surface area contributed by atoms with Crippen molar-refractivity contribution in [1.82, 2.24) is 4.90 Å². The Labute approximate surface area is 84.1 Å². The summed E-state index contributed by atoms with van der Waals surface area (Å²) >= 11 is 0. The van der Waals surface area contributed by atoms with Gasteiger partial charge in [-0.3, -0.25) is 9.69 Å². The fourth-order valence-electron chi connectivity index (χ4n) is 3.06. The molecule has 78 valence electrons. The molecule has 0 unspecified atom stereocenters. The maximum Gasteiger partial charge on any atom is 0.305 e. The van der Waals surface area contributed by atoms with E-state index in [4.69, 9.17) is 5.11 Å². The molecule has 1 heterocycles. The Kier molecular flexibility index (Phi) is 1.56. The maximum absolute atomic E-state index is 10.8. The van der Waals surface area contributed by atoms with Crippen molar-refractivity contribution in [1.29, 1.82) is 0 Å². The summed E-state index contributed by atoms with van der Waals surface area (Å²) < 4.78 is 0. The Hall–Kier alpha value is -0.570. The zero-order valence-corrected chi connectivity index (χ0v) is 8.46. The molecule has 3 fully saturated rings. The Morgan fingerprint density at radius 1 is 1.21 bits per heavy atom. The van der Waals surface area contributed by atoms with Crippen molar-refractivity contribution in [3.63, 3.8) is 0 Å². The lowest BCUT2D eigenvalue weighted by Gasteiger charge is -2.57. The first-order chi connectivity index (χ1) is 6.64. The van der Waals surface area contributed by atoms with Gasteiger partial charge in [0, 0.05) is 18.6 Å². The Bertz CT molecular complexity index is 271. The molecule has 1 N–H and O–H groups in total. The third kappa shape index (κ3) is 1.11. The molecule has 0 aromatic rings. The van der Waals surface area contributed by atoms with Gasteiger partial charge in [-0.25, -0.2) is 0 Å². The maximum atomic E-state index is 10.8. The van der Waals surface area contributed by atoms with Gasteiger partial charge in [0.2, 0.25) is 0 Å². The van der Waals surface area contributed by atoms with Gasteiger partial charge in [0.15, 0.2) is 0 Å². The fourth-order valence-corrected chi connectivity index (χ4v) is 3.06. The minimum absolute atomic E-state index is 0.0691. The van der Waals surface area contributed by atoms with Crippen LogP contribution in [0.3, 0.4) is 0 Å². The van der Waals surface area contributed by atoms with E-state index < -0.39 is 5.97 Å². The van der Waals surface area contributed by atoms with E-state index >= 15 is 0 Å². The Morgan fingerprint density at radius 3 is 2.21 bits per heavy atom. The van der Waals surface area contributed by atoms with Crippen molar-refractivity contribution in [2.45, 2.75) is 44.1 Å². The molecule has 0 radical (unpaired) electrons. The lowest BCUT2D eigenvalue weighted by Crippen LogP contribution is -2.64. The lowest BCUT2D eigenvalue weighted by atomic mass is 9.70. The van der Waals surface area contributed by atoms with Crippen LogP contribution >= 0.6 is 0 Å². The van der Waals surface area contributed by atoms with Crippen molar-refractivity contribution >= 4 is 5.97 Å². The van der Waals surface area contributed by atoms with Gasteiger partial charge >= 0.3 is 5.97 Å². The zero-order chi connectivity index (χ0) is 9.81. The first kappa shape index (κ1) is 8.72. The van der Waals surface area contributed by atoms with Crippen LogP contribution < -0.4 is 0 Å². The molecule has 1 spiro atoms. The second-order valence-corrected chi connectivity index (χ2v) is 5.50. The van der Waals surface area contributed by atoms with Crippen LogP contribution in [-0.4, -0.2) is 34.6 Å². The molecule has 3 heteroatoms. The van der Waals surface area contributed by atoms with Gasteiger partial charge in [-0.2, -0.15) is 0 Å². The normalized spacial score (nSPS) is 32.0. The van der Waals surface area contributed by atoms with Crippen molar-refractivity contribution in [2.75, 3.05) is 13.1 Å². The minimum atomic E-state index is -0.624. The highest BCUT2D eigenvalue weighted by Crippen LogP contribution is 2.57. The van der Waals surface area contributed by atoms with Gasteiger partial charge < -0.3 is 5.11 Å². The molecule has 1 aliphatic heterocycles. The number of carbonyl (C=O) groups is 1. The molecule has 1 saturated heterocycles. The first-order valence-electron chi connectivity index (χ1n) is 5.61. The van der Waals surface area contributed by atoms with Crippen LogP contribution in [0.15, 0.2) is 0 Å². The number of carboxylic acid groups (broad SMARTS) is 1. The number of carboxylic acids is 1. The smallest absolute Gasteiger partial charge is 0.305 e. The van der Waals surface area contributed by atoms with E-state index in [1.807, 2.05) is 0 Å². The third-order valence-corrected chi connectivity index (χ3v) is 4.45. The average molecular weight is 195 g/mol. The second-order valence-electron chi connectivity index (χ2n) is 5.50. The standard InChI is InChI=1S/C11H17NO2/c13-9(14)6-11(2-1-3-11)12-7-10(8-12)4-5-10/h1-8H2,(H,13,14). The van der Waals surface area contributed by atoms with Crippen LogP contribution in [0.4, 0.5) is 0 Å². The van der Waals surface area contributed by atoms with Gasteiger partial charge in [0.25, 0.3) is 0 Å². The van der Waals surface area contributed by atoms with Crippen LogP contribution in [0.25, 0.3) is 0 Å². The predicted octanol–water partition coefficient (Wildman–Crippen LogP) is 1.48. The van der Waals surface area contributed by atoms with Crippen LogP contribution in [0.1, 0.15) is 38.5 Å². The molecule has 3 nitrogen and oxygen atoms in total. The summed E-state index contributed by atoms with van der Waals surface area (Å²) in [4.78, 5) is 13.2. The van der Waals surface area contributed by atoms with Gasteiger partial charge in [0.1, 0.15) is 0 Å². The predicted molar refractivity (Wildman–Crippen MR) is 52.1 cm³/mol. The Morgan fingerprint density at radius 2 is 1.86 bits per heavy atom. The van der Waals surface area contributed by atoms with E-state index in [-0.39, 0.29) is 5.54 Å². The van der Waals surface area contributed by atoms with Crippen LogP contribution in [0.5, 0.6) is 0 Å². The van der Waals surface area contributed by atoms with Gasteiger partial charge in [-0.1, -0.05) is 0 Å². The Balaban J connectivity index is 1.65. The molecular formula is C11H17NO2. The highest BCUT2D eigenvalue weighted by atomic mass is 16.4. The summed E-state index contributed by atoms with van der Waals surface area (Å²) in [5, 5.41) is 8.90. The fraction of sp³-hybridized carbons (Fsp3) is 0.909. The summed E-state index contributed by atoms with van der Waals surface area (Å²) in [6.45, 7) is 2.36. The van der Waals surface area contributed by atoms with Gasteiger partial charge in [0.05, 0.1) is 6.42 Å². The summed E-state index contributed by atoms with van der Waals surface area (Å²) in [5.74, 6) is -0.624. The molecule has 0 amide bonds. The van der Waals surface area contributed by atoms with Crippen molar-refractivity contribution in [3.05, 3.63) is 0 Å². The van der Waals surface area contributed by atoms with Gasteiger partial charge in [-0.15, -0.1) is 0 Å². The molecule has 0 atom stereocenters. The van der Waals surface area contributed by atoms with E-state index in [9.17, 15) is 4.79 Å². The van der Waals surface area contributed by atoms with Crippen LogP contribution in [0, 0.1) is 5.41 Å². The average Bonchev–Trinajstić information content (AvgIpc) is 2.72. The molecule has 0 aromatic heterocycles. The summed E-state index contributed by atoms with van der Waals surface area (Å²) in [7, 11) is 0. The number of nitrogens with zero attached hydrogens (tertiary/aromatic N) is 1. The SMILES string of the molecule is O=C(O)CC1(N2CC3(CC3)C2)CCC1. The molecule has 3 rings (SSSR count). The molecule has 0 bridgehead atoms. The van der Waals surface area contributed by atoms with Crippen molar-refractivity contribution in [2.24, 2.45) is 5.41 Å². The van der Waals surface area contributed by atoms with E-state index in [0.29, 0.717) is 11.8 Å². The molecule has 14 heavy (non-hydrogen) atoms. The minimum Gasteiger partial charge on any atom is -0.481 e. The van der Waals surface area contributed by atoms with Crippen molar-refractivity contribution in [3.8, 4) is 0 Å². The van der Waals surface area contributed by atoms with E-state index in [0.717, 1.165) is 12.8 Å². The molecule has 0 aromatic carbocycles. The van der Waals surface area contributed by atoms with Gasteiger partial charge in [-0.05, 0) is 37.5 Å². The summed E-state index contributed by atoms with van der Waals surface area (Å²) in [6, 6.07) is 0. The number of hydrogen-bond donors (Lipinski definition) is 1. The topological polar surface area (TPSA) is 40.5 Å². The highest BCUT2D eigenvalue weighted by Gasteiger charge is 2.59. The van der Waals surface area contributed by atoms with E-state index in [2.05, 4.69) is 4.90 Å². The number of aliphatic carboxylic acids is 1. The van der Waals surface area contributed by atoms with Crippen LogP contribution in [-0.2, 0) is 4.79 Å². The quantitative estimate of drug-likeness (QED) is 0.741.